The lowest BCUT2D eigenvalue weighted by Crippen LogP contribution is -2.18. The van der Waals surface area contributed by atoms with Gasteiger partial charge in [-0.3, -0.25) is 10.1 Å². The predicted octanol–water partition coefficient (Wildman–Crippen LogP) is 3.89. The summed E-state index contributed by atoms with van der Waals surface area (Å²) in [5.41, 5.74) is 0.366. The molecule has 0 saturated heterocycles. The number of benzene rings is 1. The number of nitrogens with one attached hydrogen (secondary N) is 2. The summed E-state index contributed by atoms with van der Waals surface area (Å²) in [6, 6.07) is 4.61. The molecule has 11 heteroatoms. The van der Waals surface area contributed by atoms with Gasteiger partial charge >= 0.3 is 6.18 Å². The van der Waals surface area contributed by atoms with Crippen molar-refractivity contribution in [3.63, 3.8) is 0 Å². The van der Waals surface area contributed by atoms with Gasteiger partial charge in [-0.2, -0.15) is 13.2 Å². The van der Waals surface area contributed by atoms with Gasteiger partial charge in [0, 0.05) is 14.1 Å². The third-order valence-corrected chi connectivity index (χ3v) is 5.01. The summed E-state index contributed by atoms with van der Waals surface area (Å²) < 4.78 is 41.3. The maximum Gasteiger partial charge on any atom is 0.417 e. The molecular weight excluding hydrogens is 393 g/mol. The first-order valence-electron chi connectivity index (χ1n) is 8.06. The minimum atomic E-state index is -4.63. The highest BCUT2D eigenvalue weighted by atomic mass is 32.1. The summed E-state index contributed by atoms with van der Waals surface area (Å²) in [4.78, 5) is 26.1. The van der Waals surface area contributed by atoms with Crippen LogP contribution in [-0.2, 0) is 13.2 Å². The number of thiazole rings is 1. The average molecular weight is 406 g/mol. The second-order valence-electron chi connectivity index (χ2n) is 5.93. The van der Waals surface area contributed by atoms with Crippen molar-refractivity contribution >= 4 is 49.6 Å². The fourth-order valence-corrected chi connectivity index (χ4v) is 3.74. The topological polar surface area (TPSA) is 84.7 Å². The van der Waals surface area contributed by atoms with Crippen LogP contribution >= 0.6 is 11.3 Å². The molecule has 0 aliphatic heterocycles. The van der Waals surface area contributed by atoms with E-state index >= 15 is 0 Å². The molecule has 3 aromatic heterocycles. The second-order valence-corrected chi connectivity index (χ2v) is 6.91. The minimum Gasteiger partial charge on any atom is -0.371 e. The molecule has 0 fully saturated rings. The standard InChI is InChI=1S/C17H13F3N6OS/c1-21-13-10-12(26(2)7-22-10)11-15(24-13)28-16(23-11)25-14(27)8-5-3-4-6-9(8)17(18,19)20/h3-7H,1-2H3,(H,21,24)(H,23,25,27). The number of hydrogen-bond donors (Lipinski definition) is 2. The number of carbonyl (C=O) groups is 1. The number of aromatic nitrogens is 4. The van der Waals surface area contributed by atoms with Gasteiger partial charge in [-0.1, -0.05) is 23.5 Å². The van der Waals surface area contributed by atoms with Crippen LogP contribution in [0.2, 0.25) is 0 Å². The van der Waals surface area contributed by atoms with E-state index in [2.05, 4.69) is 25.6 Å². The smallest absolute Gasteiger partial charge is 0.371 e. The van der Waals surface area contributed by atoms with E-state index in [1.165, 1.54) is 12.1 Å². The summed E-state index contributed by atoms with van der Waals surface area (Å²) in [7, 11) is 3.51. The van der Waals surface area contributed by atoms with Crippen molar-refractivity contribution in [2.45, 2.75) is 6.18 Å². The molecule has 7 nitrogen and oxygen atoms in total. The van der Waals surface area contributed by atoms with Gasteiger partial charge < -0.3 is 9.88 Å². The Kier molecular flexibility index (Phi) is 4.18. The molecule has 3 heterocycles. The monoisotopic (exact) mass is 406 g/mol. The van der Waals surface area contributed by atoms with E-state index in [-0.39, 0.29) is 5.13 Å². The van der Waals surface area contributed by atoms with Gasteiger partial charge in [0.2, 0.25) is 0 Å². The fraction of sp³-hybridized carbons (Fsp3) is 0.176. The first-order chi connectivity index (χ1) is 13.3. The average Bonchev–Trinajstić information content (AvgIpc) is 3.23. The number of rotatable bonds is 3. The summed E-state index contributed by atoms with van der Waals surface area (Å²) in [6.07, 6.45) is -3.02. The highest BCUT2D eigenvalue weighted by molar-refractivity contribution is 7.22. The Hall–Kier alpha value is -3.21. The lowest BCUT2D eigenvalue weighted by molar-refractivity contribution is -0.137. The maximum atomic E-state index is 13.2. The summed E-state index contributed by atoms with van der Waals surface area (Å²) in [5, 5.41) is 5.56. The SMILES string of the molecule is CNc1nc2sc(NC(=O)c3ccccc3C(F)(F)F)nc2c2c1ncn2C. The number of pyridine rings is 1. The van der Waals surface area contributed by atoms with Crippen molar-refractivity contribution in [2.24, 2.45) is 7.05 Å². The van der Waals surface area contributed by atoms with E-state index in [1.807, 2.05) is 0 Å². The van der Waals surface area contributed by atoms with Crippen LogP contribution in [0.3, 0.4) is 0 Å². The summed E-state index contributed by atoms with van der Waals surface area (Å²) >= 11 is 1.07. The van der Waals surface area contributed by atoms with Crippen LogP contribution in [0.5, 0.6) is 0 Å². The van der Waals surface area contributed by atoms with E-state index in [0.717, 1.165) is 23.5 Å². The Bertz CT molecular complexity index is 1210. The third kappa shape index (κ3) is 2.93. The van der Waals surface area contributed by atoms with Crippen molar-refractivity contribution in [3.8, 4) is 0 Å². The van der Waals surface area contributed by atoms with Crippen LogP contribution < -0.4 is 10.6 Å². The molecule has 0 radical (unpaired) electrons. The number of carbonyl (C=O) groups excluding carboxylic acids is 1. The van der Waals surface area contributed by atoms with Crippen molar-refractivity contribution < 1.29 is 18.0 Å². The Morgan fingerprint density at radius 3 is 2.64 bits per heavy atom. The molecule has 144 valence electrons. The van der Waals surface area contributed by atoms with Gasteiger partial charge in [-0.05, 0) is 12.1 Å². The maximum absolute atomic E-state index is 13.2. The molecular formula is C17H13F3N6OS. The van der Waals surface area contributed by atoms with Crippen molar-refractivity contribution in [2.75, 3.05) is 17.7 Å². The highest BCUT2D eigenvalue weighted by Crippen LogP contribution is 2.35. The van der Waals surface area contributed by atoms with E-state index in [9.17, 15) is 18.0 Å². The first-order valence-corrected chi connectivity index (χ1v) is 8.88. The van der Waals surface area contributed by atoms with Gasteiger partial charge in [-0.25, -0.2) is 15.0 Å². The zero-order valence-corrected chi connectivity index (χ0v) is 15.4. The number of nitrogens with zero attached hydrogens (tertiary/aromatic N) is 4. The minimum absolute atomic E-state index is 0.153. The van der Waals surface area contributed by atoms with Crippen LogP contribution in [-0.4, -0.2) is 32.5 Å². The number of aryl methyl sites for hydroxylation is 1. The third-order valence-electron chi connectivity index (χ3n) is 4.14. The van der Waals surface area contributed by atoms with E-state index in [0.29, 0.717) is 27.2 Å². The van der Waals surface area contributed by atoms with Crippen molar-refractivity contribution in [1.82, 2.24) is 19.5 Å². The molecule has 0 unspecified atom stereocenters. The first kappa shape index (κ1) is 18.2. The van der Waals surface area contributed by atoms with Crippen LogP contribution in [0, 0.1) is 0 Å². The molecule has 1 aromatic carbocycles. The highest BCUT2D eigenvalue weighted by Gasteiger charge is 2.35. The van der Waals surface area contributed by atoms with Crippen LogP contribution in [0.15, 0.2) is 30.6 Å². The molecule has 1 amide bonds. The summed E-state index contributed by atoms with van der Waals surface area (Å²) in [5.74, 6) is -0.339. The molecule has 4 rings (SSSR count). The van der Waals surface area contributed by atoms with Gasteiger partial charge in [0.1, 0.15) is 21.4 Å². The van der Waals surface area contributed by atoms with Gasteiger partial charge in [0.05, 0.1) is 17.5 Å². The second kappa shape index (κ2) is 6.44. The Labute approximate surface area is 160 Å². The Balaban J connectivity index is 1.77. The molecule has 2 N–H and O–H groups in total. The summed E-state index contributed by atoms with van der Waals surface area (Å²) in [6.45, 7) is 0. The largest absolute Gasteiger partial charge is 0.417 e. The van der Waals surface area contributed by atoms with Crippen LogP contribution in [0.25, 0.3) is 21.4 Å². The fourth-order valence-electron chi connectivity index (χ4n) is 2.90. The van der Waals surface area contributed by atoms with Gasteiger partial charge in [-0.15, -0.1) is 0 Å². The van der Waals surface area contributed by atoms with Gasteiger partial charge in [0.25, 0.3) is 5.91 Å². The molecule has 0 bridgehead atoms. The zero-order chi connectivity index (χ0) is 20.1. The number of halogens is 3. The number of hydrogen-bond acceptors (Lipinski definition) is 6. The van der Waals surface area contributed by atoms with E-state index in [4.69, 9.17) is 0 Å². The quantitative estimate of drug-likeness (QED) is 0.539. The number of amides is 1. The van der Waals surface area contributed by atoms with Gasteiger partial charge in [0.15, 0.2) is 10.9 Å². The number of anilines is 2. The Morgan fingerprint density at radius 2 is 1.93 bits per heavy atom. The zero-order valence-electron chi connectivity index (χ0n) is 14.6. The lowest BCUT2D eigenvalue weighted by atomic mass is 10.1. The Morgan fingerprint density at radius 1 is 1.18 bits per heavy atom. The number of imidazole rings is 1. The molecule has 0 aliphatic rings. The van der Waals surface area contributed by atoms with Crippen molar-refractivity contribution in [1.29, 1.82) is 0 Å². The molecule has 0 saturated carbocycles. The number of fused-ring (bicyclic) bond motifs is 3. The predicted molar refractivity (Wildman–Crippen MR) is 101 cm³/mol. The van der Waals surface area contributed by atoms with Crippen molar-refractivity contribution in [3.05, 3.63) is 41.7 Å². The lowest BCUT2D eigenvalue weighted by Gasteiger charge is -2.11. The molecule has 0 spiro atoms. The molecule has 28 heavy (non-hydrogen) atoms. The molecule has 0 atom stereocenters. The number of alkyl halides is 3. The van der Waals surface area contributed by atoms with E-state index < -0.39 is 23.2 Å². The van der Waals surface area contributed by atoms with Crippen LogP contribution in [0.4, 0.5) is 24.1 Å². The van der Waals surface area contributed by atoms with E-state index in [1.54, 1.807) is 25.0 Å². The molecule has 0 aliphatic carbocycles. The molecule has 4 aromatic rings. The normalized spacial score (nSPS) is 11.9. The van der Waals surface area contributed by atoms with Crippen LogP contribution in [0.1, 0.15) is 15.9 Å².